The van der Waals surface area contributed by atoms with Crippen LogP contribution in [-0.2, 0) is 17.9 Å². The highest BCUT2D eigenvalue weighted by Gasteiger charge is 2.29. The first-order chi connectivity index (χ1) is 16.4. The third-order valence-corrected chi connectivity index (χ3v) is 5.18. The Morgan fingerprint density at radius 2 is 1.74 bits per heavy atom. The number of halogens is 3. The summed E-state index contributed by atoms with van der Waals surface area (Å²) >= 11 is 0. The van der Waals surface area contributed by atoms with Crippen molar-refractivity contribution in [2.75, 3.05) is 4.90 Å². The number of carbonyl (C=O) groups is 1. The van der Waals surface area contributed by atoms with E-state index in [4.69, 9.17) is 4.74 Å². The highest BCUT2D eigenvalue weighted by atomic mass is 19.4. The van der Waals surface area contributed by atoms with Gasteiger partial charge in [0.1, 0.15) is 12.4 Å². The SMILES string of the molecule is O=C(CCC(F)(F)F)N(Cc1cccnc1)c1ccc(OCc2ccc3ccccc3n2)cc1. The highest BCUT2D eigenvalue weighted by Crippen LogP contribution is 2.26. The number of amides is 1. The number of alkyl halides is 3. The summed E-state index contributed by atoms with van der Waals surface area (Å²) in [6.45, 7) is 0.375. The van der Waals surface area contributed by atoms with E-state index in [0.717, 1.165) is 16.6 Å². The summed E-state index contributed by atoms with van der Waals surface area (Å²) in [5.41, 5.74) is 2.84. The molecule has 4 rings (SSSR count). The molecule has 2 heterocycles. The predicted molar refractivity (Wildman–Crippen MR) is 123 cm³/mol. The van der Waals surface area contributed by atoms with Crippen LogP contribution in [-0.4, -0.2) is 22.1 Å². The van der Waals surface area contributed by atoms with Crippen LogP contribution in [0, 0.1) is 0 Å². The summed E-state index contributed by atoms with van der Waals surface area (Å²) in [4.78, 5) is 22.6. The molecular weight excluding hydrogens is 443 g/mol. The lowest BCUT2D eigenvalue weighted by Crippen LogP contribution is -2.31. The Kier molecular flexibility index (Phi) is 7.06. The summed E-state index contributed by atoms with van der Waals surface area (Å²) in [7, 11) is 0. The number of nitrogens with zero attached hydrogens (tertiary/aromatic N) is 3. The molecular formula is C26H22F3N3O2. The van der Waals surface area contributed by atoms with E-state index >= 15 is 0 Å². The van der Waals surface area contributed by atoms with Crippen molar-refractivity contribution in [3.63, 3.8) is 0 Å². The van der Waals surface area contributed by atoms with Crippen molar-refractivity contribution in [1.82, 2.24) is 9.97 Å². The van der Waals surface area contributed by atoms with Crippen LogP contribution in [0.25, 0.3) is 10.9 Å². The van der Waals surface area contributed by atoms with Gasteiger partial charge in [-0.15, -0.1) is 0 Å². The van der Waals surface area contributed by atoms with Crippen LogP contribution in [0.4, 0.5) is 18.9 Å². The third-order valence-electron chi connectivity index (χ3n) is 5.18. The number of carbonyl (C=O) groups excluding carboxylic acids is 1. The van der Waals surface area contributed by atoms with Gasteiger partial charge >= 0.3 is 6.18 Å². The van der Waals surface area contributed by atoms with Crippen LogP contribution in [0.1, 0.15) is 24.1 Å². The molecule has 1 amide bonds. The van der Waals surface area contributed by atoms with Crippen LogP contribution in [0.5, 0.6) is 5.75 Å². The summed E-state index contributed by atoms with van der Waals surface area (Å²) in [5, 5.41) is 1.04. The van der Waals surface area contributed by atoms with Gasteiger partial charge in [-0.1, -0.05) is 30.3 Å². The maximum atomic E-state index is 12.7. The number of rotatable bonds is 8. The van der Waals surface area contributed by atoms with E-state index < -0.39 is 24.9 Å². The van der Waals surface area contributed by atoms with Gasteiger partial charge in [-0.05, 0) is 48.0 Å². The molecule has 2 aromatic carbocycles. The van der Waals surface area contributed by atoms with E-state index in [1.54, 1.807) is 48.8 Å². The first-order valence-corrected chi connectivity index (χ1v) is 10.7. The summed E-state index contributed by atoms with van der Waals surface area (Å²) in [6, 6.07) is 21.8. The Labute approximate surface area is 194 Å². The number of aromatic nitrogens is 2. The number of anilines is 1. The van der Waals surface area contributed by atoms with E-state index in [0.29, 0.717) is 17.0 Å². The van der Waals surface area contributed by atoms with E-state index in [1.165, 1.54) is 4.90 Å². The largest absolute Gasteiger partial charge is 0.487 e. The van der Waals surface area contributed by atoms with Gasteiger partial charge in [-0.25, -0.2) is 4.98 Å². The second kappa shape index (κ2) is 10.3. The molecule has 0 aliphatic carbocycles. The van der Waals surface area contributed by atoms with E-state index in [-0.39, 0.29) is 13.2 Å². The fourth-order valence-corrected chi connectivity index (χ4v) is 3.45. The van der Waals surface area contributed by atoms with Crippen molar-refractivity contribution >= 4 is 22.5 Å². The Balaban J connectivity index is 1.46. The molecule has 0 atom stereocenters. The lowest BCUT2D eigenvalue weighted by Gasteiger charge is -2.23. The van der Waals surface area contributed by atoms with Gasteiger partial charge in [0.15, 0.2) is 0 Å². The molecule has 0 fully saturated rings. The molecule has 0 saturated heterocycles. The zero-order chi connectivity index (χ0) is 24.0. The predicted octanol–water partition coefficient (Wildman–Crippen LogP) is 6.08. The quantitative estimate of drug-likeness (QED) is 0.316. The molecule has 2 aromatic heterocycles. The minimum atomic E-state index is -4.40. The number of pyridine rings is 2. The van der Waals surface area contributed by atoms with Crippen molar-refractivity contribution in [2.24, 2.45) is 0 Å². The maximum Gasteiger partial charge on any atom is 0.389 e. The Morgan fingerprint density at radius 1 is 0.941 bits per heavy atom. The maximum absolute atomic E-state index is 12.7. The molecule has 8 heteroatoms. The average Bonchev–Trinajstić information content (AvgIpc) is 2.85. The second-order valence-corrected chi connectivity index (χ2v) is 7.73. The first kappa shape index (κ1) is 23.2. The number of benzene rings is 2. The van der Waals surface area contributed by atoms with Crippen LogP contribution >= 0.6 is 0 Å². The Morgan fingerprint density at radius 3 is 2.47 bits per heavy atom. The third kappa shape index (κ3) is 6.31. The summed E-state index contributed by atoms with van der Waals surface area (Å²) in [6.07, 6.45) is -3.02. The Bertz CT molecular complexity index is 1250. The molecule has 34 heavy (non-hydrogen) atoms. The lowest BCUT2D eigenvalue weighted by atomic mass is 10.2. The van der Waals surface area contributed by atoms with Crippen molar-refractivity contribution in [3.8, 4) is 5.75 Å². The van der Waals surface area contributed by atoms with Crippen LogP contribution in [0.3, 0.4) is 0 Å². The van der Waals surface area contributed by atoms with Gasteiger partial charge in [0.25, 0.3) is 0 Å². The number of hydrogen-bond acceptors (Lipinski definition) is 4. The zero-order valence-electron chi connectivity index (χ0n) is 18.2. The lowest BCUT2D eigenvalue weighted by molar-refractivity contribution is -0.143. The minimum Gasteiger partial charge on any atom is -0.487 e. The Hall–Kier alpha value is -3.94. The average molecular weight is 465 g/mol. The van der Waals surface area contributed by atoms with Crippen molar-refractivity contribution < 1.29 is 22.7 Å². The molecule has 0 aliphatic rings. The number of para-hydroxylation sites is 1. The zero-order valence-corrected chi connectivity index (χ0v) is 18.2. The molecule has 0 saturated carbocycles. The first-order valence-electron chi connectivity index (χ1n) is 10.7. The standard InChI is InChI=1S/C26H22F3N3O2/c27-26(28,29)14-13-25(33)32(17-19-4-3-15-30-16-19)22-9-11-23(12-10-22)34-18-21-8-7-20-5-1-2-6-24(20)31-21/h1-12,15-16H,13-14,17-18H2. The van der Waals surface area contributed by atoms with Crippen LogP contribution < -0.4 is 9.64 Å². The normalized spacial score (nSPS) is 11.4. The van der Waals surface area contributed by atoms with E-state index in [1.807, 2.05) is 36.4 Å². The molecule has 0 aliphatic heterocycles. The fraction of sp³-hybridized carbons (Fsp3) is 0.192. The number of hydrogen-bond donors (Lipinski definition) is 0. The van der Waals surface area contributed by atoms with Gasteiger partial charge < -0.3 is 9.64 Å². The summed E-state index contributed by atoms with van der Waals surface area (Å²) < 4.78 is 43.8. The molecule has 0 unspecified atom stereocenters. The molecule has 5 nitrogen and oxygen atoms in total. The number of fused-ring (bicyclic) bond motifs is 1. The second-order valence-electron chi connectivity index (χ2n) is 7.73. The van der Waals surface area contributed by atoms with Gasteiger partial charge in [0.05, 0.1) is 24.2 Å². The molecule has 4 aromatic rings. The highest BCUT2D eigenvalue weighted by molar-refractivity contribution is 5.93. The topological polar surface area (TPSA) is 55.3 Å². The number of ether oxygens (including phenoxy) is 1. The van der Waals surface area contributed by atoms with Crippen LogP contribution in [0.15, 0.2) is 85.2 Å². The van der Waals surface area contributed by atoms with Gasteiger partial charge in [0.2, 0.25) is 5.91 Å². The molecule has 0 spiro atoms. The van der Waals surface area contributed by atoms with Crippen molar-refractivity contribution in [3.05, 3.63) is 96.4 Å². The van der Waals surface area contributed by atoms with Crippen LogP contribution in [0.2, 0.25) is 0 Å². The molecule has 174 valence electrons. The van der Waals surface area contributed by atoms with Gasteiger partial charge in [-0.3, -0.25) is 9.78 Å². The summed E-state index contributed by atoms with van der Waals surface area (Å²) in [5.74, 6) is -0.0574. The van der Waals surface area contributed by atoms with Gasteiger partial charge in [-0.2, -0.15) is 13.2 Å². The fourth-order valence-electron chi connectivity index (χ4n) is 3.45. The van der Waals surface area contributed by atoms with Crippen molar-refractivity contribution in [2.45, 2.75) is 32.2 Å². The molecule has 0 N–H and O–H groups in total. The van der Waals surface area contributed by atoms with E-state index in [9.17, 15) is 18.0 Å². The molecule has 0 bridgehead atoms. The smallest absolute Gasteiger partial charge is 0.389 e. The monoisotopic (exact) mass is 465 g/mol. The van der Waals surface area contributed by atoms with E-state index in [2.05, 4.69) is 9.97 Å². The minimum absolute atomic E-state index is 0.117. The van der Waals surface area contributed by atoms with Gasteiger partial charge in [0, 0.05) is 29.9 Å². The van der Waals surface area contributed by atoms with Crippen molar-refractivity contribution in [1.29, 1.82) is 0 Å². The molecule has 0 radical (unpaired) electrons.